The molecule has 6 aromatic heterocycles. The molecule has 33 nitrogen and oxygen atoms in total. The normalized spacial score (nSPS) is 38.3. The predicted molar refractivity (Wildman–Crippen MR) is 230 cm³/mol. The van der Waals surface area contributed by atoms with Crippen molar-refractivity contribution < 1.29 is 109 Å². The molecule has 0 bridgehead atoms. The second-order valence-electron chi connectivity index (χ2n) is 14.9. The van der Waals surface area contributed by atoms with Gasteiger partial charge in [0.25, 0.3) is 0 Å². The van der Waals surface area contributed by atoms with Gasteiger partial charge in [-0.2, -0.15) is 0 Å². The van der Waals surface area contributed by atoms with Crippen LogP contribution in [-0.2, 0) is 55.0 Å². The molecule has 4 aliphatic heterocycles. The first-order valence-electron chi connectivity index (χ1n) is 19.2. The summed E-state index contributed by atoms with van der Waals surface area (Å²) >= 11 is 0. The molecule has 12 N–H and O–H groups in total. The van der Waals surface area contributed by atoms with Crippen LogP contribution < -0.4 is 17.2 Å². The molecular weight excluding hydrogens is 951 g/mol. The van der Waals surface area contributed by atoms with Crippen LogP contribution in [0.2, 0.25) is 0 Å². The predicted octanol–water partition coefficient (Wildman–Crippen LogP) is -0.540. The summed E-state index contributed by atoms with van der Waals surface area (Å²) < 4.78 is 94.8. The average Bonchev–Trinajstić information content (AvgIpc) is 4.13. The second-order valence-corrected chi connectivity index (χ2v) is 19.1. The summed E-state index contributed by atoms with van der Waals surface area (Å²) in [5, 5.41) is 34.9. The van der Waals surface area contributed by atoms with Crippen LogP contribution in [0.4, 0.5) is 17.5 Å². The molecule has 15 atom stereocenters. The van der Waals surface area contributed by atoms with Crippen LogP contribution >= 0.6 is 23.5 Å². The van der Waals surface area contributed by atoms with Gasteiger partial charge in [0.1, 0.15) is 90.5 Å². The van der Waals surface area contributed by atoms with Crippen LogP contribution in [0, 0.1) is 0 Å². The number of aromatic nitrogens is 12. The molecule has 10 rings (SSSR count). The van der Waals surface area contributed by atoms with Crippen LogP contribution in [0.5, 0.6) is 0 Å². The first-order valence-corrected chi connectivity index (χ1v) is 23.6. The number of rotatable bonds is 3. The molecule has 6 aromatic rings. The summed E-state index contributed by atoms with van der Waals surface area (Å²) in [7, 11) is -16.3. The highest BCUT2D eigenvalue weighted by Crippen LogP contribution is 2.55. The maximum atomic E-state index is 13.7. The van der Waals surface area contributed by atoms with Crippen LogP contribution in [0.25, 0.3) is 33.5 Å². The van der Waals surface area contributed by atoms with Crippen molar-refractivity contribution in [3.8, 4) is 0 Å². The molecule has 66 heavy (non-hydrogen) atoms. The van der Waals surface area contributed by atoms with E-state index in [0.29, 0.717) is 0 Å². The summed E-state index contributed by atoms with van der Waals surface area (Å²) in [6.07, 6.45) is -14.6. The molecule has 0 aliphatic carbocycles. The van der Waals surface area contributed by atoms with E-state index in [0.717, 1.165) is 38.0 Å². The number of aliphatic hydroxyl groups excluding tert-OH is 3. The Hall–Kier alpha value is -4.86. The Bertz CT molecular complexity index is 2720. The third kappa shape index (κ3) is 8.10. The Morgan fingerprint density at radius 3 is 1.03 bits per heavy atom. The molecule has 4 saturated heterocycles. The Morgan fingerprint density at radius 1 is 0.485 bits per heavy atom. The number of nitrogens with zero attached hydrogens (tertiary/aromatic N) is 12. The Kier molecular flexibility index (Phi) is 11.4. The van der Waals surface area contributed by atoms with Crippen molar-refractivity contribution in [3.05, 3.63) is 38.0 Å². The maximum Gasteiger partial charge on any atom is 1.00 e. The molecule has 4 aliphatic rings. The van der Waals surface area contributed by atoms with E-state index in [-0.39, 0.29) is 75.2 Å². The maximum absolute atomic E-state index is 13.7. The highest BCUT2D eigenvalue weighted by Gasteiger charge is 2.55. The van der Waals surface area contributed by atoms with Crippen molar-refractivity contribution >= 4 is 74.4 Å². The fourth-order valence-electron chi connectivity index (χ4n) is 7.87. The molecule has 4 fully saturated rings. The van der Waals surface area contributed by atoms with Crippen LogP contribution in [0.15, 0.2) is 38.0 Å². The Labute approximate surface area is 391 Å². The van der Waals surface area contributed by atoms with Crippen molar-refractivity contribution in [1.29, 1.82) is 0 Å². The van der Waals surface area contributed by atoms with Gasteiger partial charge in [-0.15, -0.1) is 0 Å². The number of phosphoric ester groups is 3. The lowest BCUT2D eigenvalue weighted by Crippen LogP contribution is -2.39. The van der Waals surface area contributed by atoms with Crippen LogP contribution in [0.3, 0.4) is 0 Å². The third-order valence-electron chi connectivity index (χ3n) is 10.9. The standard InChI is InChI=1S/C30H36N15O18P3/c31-22-13-25(37-4-34-22)43(7-40-13)28-16(46)19-10(58-28)1-55-64(49,50)62-20-11(59-29(17(20)47)44-8-41-14-23(32)35-5-38-26(14)44)2-57-66(53,54)63-21-12(3-56-65(51,52)61-19)60-30(18(21)48)45-9-42-15-24(33)36-6-39-27(15)45/h4-12,16-21,28-30,46-48H,1-3H2,(H,49,50)(H,51,52)(H,53,54)(H2,31,34,37)(H2,32,35,38)(H2,33,36,39)/p+17/t10-,11-,12-,16-,17-,18-,19-,20-,21-,28-,29-,30-/m1/s1. The van der Waals surface area contributed by atoms with Gasteiger partial charge < -0.3 is 61.4 Å². The molecule has 3 unspecified atom stereocenters. The van der Waals surface area contributed by atoms with Gasteiger partial charge in [-0.1, -0.05) is 0 Å². The highest BCUT2D eigenvalue weighted by atomic mass is 31.2. The van der Waals surface area contributed by atoms with E-state index in [1.165, 1.54) is 13.7 Å². The SMILES string of the molecule is Nc1ncnc2c1ncn2[C@@H]1O[C@@H]2COP(=O)(O)O[C@H]3[C@@H](O)[C@H](n4cnc5c(N)ncnc54)O[C@@H]3COP(=O)(O)O[C@H]3[C@@H](O)[C@H](n4cnc5c(N)ncnc54)O[C@@H]3COP(=O)(O)O[C@H]2[C@H]1O.[H+].[H+].[H+].[H+].[H+].[H+].[H+].[H+].[H+].[H+].[H+].[H+].[H+].[H+].[H+].[H+].[H+]. The van der Waals surface area contributed by atoms with Crippen molar-refractivity contribution in [2.24, 2.45) is 0 Å². The third-order valence-corrected chi connectivity index (χ3v) is 13.8. The molecule has 0 radical (unpaired) electrons. The first-order chi connectivity index (χ1) is 31.4. The number of hydrogen-bond donors (Lipinski definition) is 9. The summed E-state index contributed by atoms with van der Waals surface area (Å²) in [6, 6.07) is 0. The van der Waals surface area contributed by atoms with Crippen molar-refractivity contribution in [2.45, 2.75) is 73.6 Å². The number of hydrogen-bond acceptors (Lipinski definition) is 27. The number of anilines is 3. The van der Waals surface area contributed by atoms with E-state index in [1.54, 1.807) is 0 Å². The topological polar surface area (TPSA) is 465 Å². The lowest BCUT2D eigenvalue weighted by atomic mass is 10.1. The number of fused-ring (bicyclic) bond motifs is 6. The van der Waals surface area contributed by atoms with Gasteiger partial charge in [0.2, 0.25) is 0 Å². The molecule has 354 valence electrons. The van der Waals surface area contributed by atoms with E-state index in [9.17, 15) is 43.7 Å². The quantitative estimate of drug-likeness (QED) is 0.101. The minimum atomic E-state index is -5.44. The largest absolute Gasteiger partial charge is 1.00 e. The minimum absolute atomic E-state index is 0. The van der Waals surface area contributed by atoms with Gasteiger partial charge in [-0.3, -0.25) is 40.8 Å². The molecule has 0 saturated carbocycles. The summed E-state index contributed by atoms with van der Waals surface area (Å²) in [6.45, 7) is -3.08. The molecule has 10 heterocycles. The average molecular weight is 1000 g/mol. The zero-order valence-electron chi connectivity index (χ0n) is 50.0. The van der Waals surface area contributed by atoms with E-state index in [4.69, 9.17) is 58.6 Å². The Balaban J connectivity index is -0.000000551. The number of phosphoric acid groups is 3. The van der Waals surface area contributed by atoms with Gasteiger partial charge in [0.05, 0.1) is 38.8 Å². The molecule has 0 amide bonds. The molecular formula is C30H53N15O18P3+17. The van der Waals surface area contributed by atoms with E-state index < -0.39 is 117 Å². The van der Waals surface area contributed by atoms with Gasteiger partial charge in [0, 0.05) is 0 Å². The minimum Gasteiger partial charge on any atom is -0.386 e. The van der Waals surface area contributed by atoms with E-state index in [2.05, 4.69) is 44.9 Å². The zero-order chi connectivity index (χ0) is 46.4. The van der Waals surface area contributed by atoms with Gasteiger partial charge in [0.15, 0.2) is 53.1 Å². The molecule has 0 spiro atoms. The number of nitrogens with two attached hydrogens (primary N) is 3. The summed E-state index contributed by atoms with van der Waals surface area (Å²) in [5.41, 5.74) is 18.2. The number of ether oxygens (including phenoxy) is 3. The second kappa shape index (κ2) is 16.7. The fraction of sp³-hybridized carbons (Fsp3) is 0.500. The molecule has 0 aromatic carbocycles. The lowest BCUT2D eigenvalue weighted by Gasteiger charge is -2.27. The summed E-state index contributed by atoms with van der Waals surface area (Å²) in [5.74, 6) is -0.133. The fourth-order valence-corrected chi connectivity index (χ4v) is 10.8. The smallest absolute Gasteiger partial charge is 0.386 e. The van der Waals surface area contributed by atoms with Crippen molar-refractivity contribution in [1.82, 2.24) is 58.6 Å². The number of imidazole rings is 3. The Morgan fingerprint density at radius 2 is 0.758 bits per heavy atom. The van der Waals surface area contributed by atoms with Gasteiger partial charge >= 0.3 is 47.7 Å². The van der Waals surface area contributed by atoms with Crippen LogP contribution in [-0.4, -0.2) is 163 Å². The number of nitrogen functional groups attached to an aromatic ring is 3. The highest BCUT2D eigenvalue weighted by molar-refractivity contribution is 7.48. The molecule has 36 heteroatoms. The van der Waals surface area contributed by atoms with E-state index >= 15 is 0 Å². The van der Waals surface area contributed by atoms with Gasteiger partial charge in [-0.05, 0) is 0 Å². The van der Waals surface area contributed by atoms with Gasteiger partial charge in [-0.25, -0.2) is 58.6 Å². The van der Waals surface area contributed by atoms with Crippen molar-refractivity contribution in [2.75, 3.05) is 37.0 Å². The van der Waals surface area contributed by atoms with Crippen LogP contribution in [0.1, 0.15) is 42.9 Å². The summed E-state index contributed by atoms with van der Waals surface area (Å²) in [4.78, 5) is 69.7. The van der Waals surface area contributed by atoms with Crippen molar-refractivity contribution in [3.63, 3.8) is 0 Å². The monoisotopic (exact) mass is 1000 g/mol. The number of aliphatic hydroxyl groups is 3. The zero-order valence-corrected chi connectivity index (χ0v) is 35.7. The lowest BCUT2D eigenvalue weighted by molar-refractivity contribution is -0.0663. The van der Waals surface area contributed by atoms with E-state index in [1.807, 2.05) is 0 Å². The first kappa shape index (κ1) is 44.9.